The summed E-state index contributed by atoms with van der Waals surface area (Å²) in [6.07, 6.45) is 1.01. The van der Waals surface area contributed by atoms with Gasteiger partial charge in [-0.3, -0.25) is 19.0 Å². The molecule has 1 saturated heterocycles. The molecule has 0 saturated carbocycles. The summed E-state index contributed by atoms with van der Waals surface area (Å²) >= 11 is 3.37. The average Bonchev–Trinajstić information content (AvgIpc) is 2.77. The molecular formula is C22H21BrN4O4. The maximum Gasteiger partial charge on any atom is 0.336 e. The van der Waals surface area contributed by atoms with Crippen LogP contribution in [0.4, 0.5) is 0 Å². The van der Waals surface area contributed by atoms with Crippen LogP contribution >= 0.6 is 15.9 Å². The third-order valence-electron chi connectivity index (χ3n) is 5.66. The number of amides is 2. The highest BCUT2D eigenvalue weighted by molar-refractivity contribution is 9.10. The van der Waals surface area contributed by atoms with Gasteiger partial charge in [-0.05, 0) is 43.2 Å². The Labute approximate surface area is 186 Å². The zero-order valence-corrected chi connectivity index (χ0v) is 18.2. The van der Waals surface area contributed by atoms with E-state index in [2.05, 4.69) is 15.9 Å². The third-order valence-corrected chi connectivity index (χ3v) is 6.16. The minimum Gasteiger partial charge on any atom is -0.369 e. The number of nitrogens with two attached hydrogens (primary N) is 1. The number of halogens is 1. The predicted molar refractivity (Wildman–Crippen MR) is 120 cm³/mol. The van der Waals surface area contributed by atoms with Crippen LogP contribution in [0.3, 0.4) is 0 Å². The molecule has 9 heteroatoms. The van der Waals surface area contributed by atoms with Crippen LogP contribution in [0.2, 0.25) is 0 Å². The molecule has 1 fully saturated rings. The fraction of sp³-hybridized carbons (Fsp3) is 0.273. The van der Waals surface area contributed by atoms with Gasteiger partial charge in [0.1, 0.15) is 6.54 Å². The molecule has 0 spiro atoms. The molecule has 0 bridgehead atoms. The SMILES string of the molecule is NC(=O)C1CCN(C(=O)Cn2c(=O)n(-c3ccccc3)c(=O)c3cc(Br)ccc32)CC1. The van der Waals surface area contributed by atoms with E-state index >= 15 is 0 Å². The molecule has 1 aromatic heterocycles. The van der Waals surface area contributed by atoms with Crippen LogP contribution < -0.4 is 17.0 Å². The van der Waals surface area contributed by atoms with Crippen molar-refractivity contribution in [1.29, 1.82) is 0 Å². The van der Waals surface area contributed by atoms with Gasteiger partial charge < -0.3 is 10.6 Å². The van der Waals surface area contributed by atoms with E-state index in [4.69, 9.17) is 5.73 Å². The van der Waals surface area contributed by atoms with Crippen molar-refractivity contribution < 1.29 is 9.59 Å². The van der Waals surface area contributed by atoms with Gasteiger partial charge in [0, 0.05) is 23.5 Å². The number of likely N-dealkylation sites (tertiary alicyclic amines) is 1. The van der Waals surface area contributed by atoms with Crippen molar-refractivity contribution in [2.24, 2.45) is 11.7 Å². The van der Waals surface area contributed by atoms with Crippen molar-refractivity contribution in [2.75, 3.05) is 13.1 Å². The zero-order chi connectivity index (χ0) is 22.1. The van der Waals surface area contributed by atoms with Crippen molar-refractivity contribution in [3.63, 3.8) is 0 Å². The monoisotopic (exact) mass is 484 g/mol. The molecular weight excluding hydrogens is 464 g/mol. The Hall–Kier alpha value is -3.20. The van der Waals surface area contributed by atoms with E-state index in [0.717, 1.165) is 4.57 Å². The Morgan fingerprint density at radius 2 is 1.71 bits per heavy atom. The lowest BCUT2D eigenvalue weighted by molar-refractivity contribution is -0.135. The van der Waals surface area contributed by atoms with E-state index in [1.54, 1.807) is 53.4 Å². The largest absolute Gasteiger partial charge is 0.369 e. The summed E-state index contributed by atoms with van der Waals surface area (Å²) in [5.74, 6) is -0.827. The minimum absolute atomic E-state index is 0.203. The van der Waals surface area contributed by atoms with Crippen LogP contribution in [-0.4, -0.2) is 38.9 Å². The fourth-order valence-electron chi connectivity index (χ4n) is 3.95. The molecule has 2 aromatic carbocycles. The fourth-order valence-corrected chi connectivity index (χ4v) is 4.31. The van der Waals surface area contributed by atoms with Crippen molar-refractivity contribution in [3.8, 4) is 5.69 Å². The molecule has 2 amide bonds. The van der Waals surface area contributed by atoms with E-state index < -0.39 is 11.2 Å². The van der Waals surface area contributed by atoms with Gasteiger partial charge in [-0.25, -0.2) is 9.36 Å². The molecule has 1 aliphatic rings. The van der Waals surface area contributed by atoms with E-state index in [1.807, 2.05) is 0 Å². The summed E-state index contributed by atoms with van der Waals surface area (Å²) in [5, 5.41) is 0.332. The normalized spacial score (nSPS) is 14.7. The first-order valence-electron chi connectivity index (χ1n) is 9.94. The first kappa shape index (κ1) is 21.0. The molecule has 4 rings (SSSR count). The number of carbonyl (C=O) groups excluding carboxylic acids is 2. The molecule has 0 atom stereocenters. The standard InChI is InChI=1S/C22H21BrN4O4/c23-15-6-7-18-17(12-15)21(30)27(16-4-2-1-3-5-16)22(31)26(18)13-19(28)25-10-8-14(9-11-25)20(24)29/h1-7,12,14H,8-11,13H2,(H2,24,29). The molecule has 1 aliphatic heterocycles. The van der Waals surface area contributed by atoms with E-state index in [0.29, 0.717) is 47.0 Å². The Morgan fingerprint density at radius 1 is 1.03 bits per heavy atom. The Kier molecular flexibility index (Phi) is 5.77. The Balaban J connectivity index is 1.77. The molecule has 2 N–H and O–H groups in total. The van der Waals surface area contributed by atoms with Crippen LogP contribution in [-0.2, 0) is 16.1 Å². The topological polar surface area (TPSA) is 107 Å². The number of para-hydroxylation sites is 1. The smallest absolute Gasteiger partial charge is 0.336 e. The van der Waals surface area contributed by atoms with Crippen molar-refractivity contribution in [3.05, 3.63) is 73.8 Å². The van der Waals surface area contributed by atoms with E-state index in [1.165, 1.54) is 4.57 Å². The highest BCUT2D eigenvalue weighted by Crippen LogP contribution is 2.19. The lowest BCUT2D eigenvalue weighted by Gasteiger charge is -2.31. The average molecular weight is 485 g/mol. The second-order valence-electron chi connectivity index (χ2n) is 7.56. The van der Waals surface area contributed by atoms with E-state index in [-0.39, 0.29) is 24.3 Å². The van der Waals surface area contributed by atoms with Gasteiger partial charge in [0.15, 0.2) is 0 Å². The summed E-state index contributed by atoms with van der Waals surface area (Å²) in [5.41, 5.74) is 5.17. The summed E-state index contributed by atoms with van der Waals surface area (Å²) in [6.45, 7) is 0.608. The number of hydrogen-bond donors (Lipinski definition) is 1. The van der Waals surface area contributed by atoms with Gasteiger partial charge in [0.25, 0.3) is 5.56 Å². The summed E-state index contributed by atoms with van der Waals surface area (Å²) in [7, 11) is 0. The number of fused-ring (bicyclic) bond motifs is 1. The molecule has 0 radical (unpaired) electrons. The van der Waals surface area contributed by atoms with Gasteiger partial charge in [-0.2, -0.15) is 0 Å². The number of hydrogen-bond acceptors (Lipinski definition) is 4. The van der Waals surface area contributed by atoms with Gasteiger partial charge >= 0.3 is 5.69 Å². The lowest BCUT2D eigenvalue weighted by Crippen LogP contribution is -2.46. The van der Waals surface area contributed by atoms with Crippen molar-refractivity contribution in [1.82, 2.24) is 14.0 Å². The first-order chi connectivity index (χ1) is 14.9. The number of nitrogens with zero attached hydrogens (tertiary/aromatic N) is 3. The number of carbonyl (C=O) groups is 2. The summed E-state index contributed by atoms with van der Waals surface area (Å²) in [6, 6.07) is 13.7. The van der Waals surface area contributed by atoms with Gasteiger partial charge in [-0.15, -0.1) is 0 Å². The van der Waals surface area contributed by atoms with Crippen LogP contribution in [0.1, 0.15) is 12.8 Å². The maximum absolute atomic E-state index is 13.3. The van der Waals surface area contributed by atoms with Crippen molar-refractivity contribution in [2.45, 2.75) is 19.4 Å². The molecule has 31 heavy (non-hydrogen) atoms. The number of aromatic nitrogens is 2. The maximum atomic E-state index is 13.3. The quantitative estimate of drug-likeness (QED) is 0.606. The van der Waals surface area contributed by atoms with Crippen LogP contribution in [0.25, 0.3) is 16.6 Å². The molecule has 160 valence electrons. The Morgan fingerprint density at radius 3 is 2.35 bits per heavy atom. The predicted octanol–water partition coefficient (Wildman–Crippen LogP) is 1.64. The first-order valence-corrected chi connectivity index (χ1v) is 10.7. The third kappa shape index (κ3) is 4.05. The summed E-state index contributed by atoms with van der Waals surface area (Å²) < 4.78 is 3.11. The second-order valence-corrected chi connectivity index (χ2v) is 8.48. The lowest BCUT2D eigenvalue weighted by atomic mass is 9.96. The number of rotatable bonds is 4. The van der Waals surface area contributed by atoms with Crippen LogP contribution in [0.5, 0.6) is 0 Å². The molecule has 8 nitrogen and oxygen atoms in total. The number of primary amides is 1. The number of piperidine rings is 1. The second kappa shape index (κ2) is 8.50. The van der Waals surface area contributed by atoms with Crippen LogP contribution in [0.15, 0.2) is 62.6 Å². The molecule has 2 heterocycles. The highest BCUT2D eigenvalue weighted by Gasteiger charge is 2.27. The van der Waals surface area contributed by atoms with Gasteiger partial charge in [-0.1, -0.05) is 34.1 Å². The van der Waals surface area contributed by atoms with Gasteiger partial charge in [0.05, 0.1) is 16.6 Å². The Bertz CT molecular complexity index is 1270. The van der Waals surface area contributed by atoms with Crippen molar-refractivity contribution >= 4 is 38.6 Å². The number of benzene rings is 2. The van der Waals surface area contributed by atoms with E-state index in [9.17, 15) is 19.2 Å². The molecule has 0 aliphatic carbocycles. The molecule has 3 aromatic rings. The highest BCUT2D eigenvalue weighted by atomic mass is 79.9. The molecule has 0 unspecified atom stereocenters. The minimum atomic E-state index is -0.577. The van der Waals surface area contributed by atoms with Crippen LogP contribution in [0, 0.1) is 5.92 Å². The zero-order valence-electron chi connectivity index (χ0n) is 16.7. The van der Waals surface area contributed by atoms with Gasteiger partial charge in [0.2, 0.25) is 11.8 Å². The summed E-state index contributed by atoms with van der Waals surface area (Å²) in [4.78, 5) is 52.5.